The number of esters is 2. The van der Waals surface area contributed by atoms with Crippen LogP contribution in [0.4, 0.5) is 0 Å². The maximum absolute atomic E-state index is 12.9. The van der Waals surface area contributed by atoms with Crippen LogP contribution in [0.2, 0.25) is 0 Å². The van der Waals surface area contributed by atoms with Crippen molar-refractivity contribution in [3.8, 4) is 17.2 Å². The molecule has 0 radical (unpaired) electrons. The van der Waals surface area contributed by atoms with Gasteiger partial charge in [0, 0.05) is 19.4 Å². The van der Waals surface area contributed by atoms with Crippen molar-refractivity contribution in [3.63, 3.8) is 0 Å². The lowest BCUT2D eigenvalue weighted by atomic mass is 10.00. The summed E-state index contributed by atoms with van der Waals surface area (Å²) in [5, 5.41) is 0. The van der Waals surface area contributed by atoms with Crippen molar-refractivity contribution in [1.29, 1.82) is 0 Å². The first kappa shape index (κ1) is 23.6. The fourth-order valence-electron chi connectivity index (χ4n) is 2.83. The number of allylic oxidation sites excluding steroid dienone is 3. The summed E-state index contributed by atoms with van der Waals surface area (Å²) < 4.78 is 15.8. The quantitative estimate of drug-likeness (QED) is 0.197. The third-order valence-electron chi connectivity index (χ3n) is 4.23. The molecule has 0 aliphatic heterocycles. The first-order valence-corrected chi connectivity index (χ1v) is 9.73. The summed E-state index contributed by atoms with van der Waals surface area (Å²) in [6.07, 6.45) is 5.47. The van der Waals surface area contributed by atoms with Crippen LogP contribution in [0.25, 0.3) is 6.08 Å². The van der Waals surface area contributed by atoms with Crippen molar-refractivity contribution >= 4 is 23.8 Å². The molecule has 31 heavy (non-hydrogen) atoms. The lowest BCUT2D eigenvalue weighted by Gasteiger charge is -2.15. The number of hydrogen-bond acceptors (Lipinski definition) is 6. The third kappa shape index (κ3) is 6.96. The standard InChI is InChI=1S/C25H26O6/c1-16(2)6-12-22-24(29-5)15-13-21(25(22)31-18(4)27)23(28)14-9-19-7-10-20(11-8-19)30-17(3)26/h6-11,13-15H,12H2,1-5H3/b14-9+. The van der Waals surface area contributed by atoms with E-state index in [1.165, 1.54) is 27.0 Å². The van der Waals surface area contributed by atoms with Crippen LogP contribution in [0.5, 0.6) is 17.2 Å². The molecule has 2 aromatic carbocycles. The molecule has 6 nitrogen and oxygen atoms in total. The molecule has 0 amide bonds. The average molecular weight is 422 g/mol. The van der Waals surface area contributed by atoms with Crippen molar-refractivity contribution in [1.82, 2.24) is 0 Å². The van der Waals surface area contributed by atoms with Crippen molar-refractivity contribution in [2.45, 2.75) is 34.1 Å². The van der Waals surface area contributed by atoms with Gasteiger partial charge in [0.25, 0.3) is 0 Å². The topological polar surface area (TPSA) is 78.9 Å². The molecule has 0 fully saturated rings. The van der Waals surface area contributed by atoms with E-state index in [0.29, 0.717) is 23.5 Å². The molecule has 0 heterocycles. The molecule has 2 aromatic rings. The maximum Gasteiger partial charge on any atom is 0.308 e. The minimum Gasteiger partial charge on any atom is -0.496 e. The normalized spacial score (nSPS) is 10.5. The molecular weight excluding hydrogens is 396 g/mol. The predicted molar refractivity (Wildman–Crippen MR) is 119 cm³/mol. The summed E-state index contributed by atoms with van der Waals surface area (Å²) in [7, 11) is 1.53. The SMILES string of the molecule is COc1ccc(C(=O)/C=C/c2ccc(OC(C)=O)cc2)c(OC(C)=O)c1CC=C(C)C. The number of benzene rings is 2. The van der Waals surface area contributed by atoms with E-state index in [9.17, 15) is 14.4 Å². The molecule has 0 aliphatic carbocycles. The van der Waals surface area contributed by atoms with E-state index in [1.807, 2.05) is 19.9 Å². The van der Waals surface area contributed by atoms with Gasteiger partial charge in [-0.15, -0.1) is 0 Å². The fourth-order valence-corrected chi connectivity index (χ4v) is 2.83. The van der Waals surface area contributed by atoms with E-state index in [-0.39, 0.29) is 17.1 Å². The van der Waals surface area contributed by atoms with Gasteiger partial charge in [-0.25, -0.2) is 0 Å². The first-order chi connectivity index (χ1) is 14.7. The Bertz CT molecular complexity index is 1020. The van der Waals surface area contributed by atoms with Crippen molar-refractivity contribution in [2.75, 3.05) is 7.11 Å². The molecule has 0 aromatic heterocycles. The largest absolute Gasteiger partial charge is 0.496 e. The molecule has 0 spiro atoms. The molecule has 0 unspecified atom stereocenters. The second-order valence-electron chi connectivity index (χ2n) is 7.06. The second kappa shape index (κ2) is 10.9. The van der Waals surface area contributed by atoms with Crippen LogP contribution >= 0.6 is 0 Å². The first-order valence-electron chi connectivity index (χ1n) is 9.73. The van der Waals surface area contributed by atoms with E-state index < -0.39 is 11.9 Å². The molecule has 6 heteroatoms. The van der Waals surface area contributed by atoms with Gasteiger partial charge in [-0.1, -0.05) is 29.9 Å². The monoisotopic (exact) mass is 422 g/mol. The van der Waals surface area contributed by atoms with Gasteiger partial charge >= 0.3 is 11.9 Å². The molecule has 0 atom stereocenters. The Balaban J connectivity index is 2.38. The van der Waals surface area contributed by atoms with Gasteiger partial charge in [-0.3, -0.25) is 14.4 Å². The number of carbonyl (C=O) groups excluding carboxylic acids is 3. The van der Waals surface area contributed by atoms with E-state index in [2.05, 4.69) is 0 Å². The van der Waals surface area contributed by atoms with E-state index in [1.54, 1.807) is 42.5 Å². The Morgan fingerprint density at radius 2 is 1.52 bits per heavy atom. The molecule has 2 rings (SSSR count). The summed E-state index contributed by atoms with van der Waals surface area (Å²) in [5.74, 6) is -0.0844. The third-order valence-corrected chi connectivity index (χ3v) is 4.23. The number of carbonyl (C=O) groups is 3. The zero-order chi connectivity index (χ0) is 23.0. The van der Waals surface area contributed by atoms with Gasteiger partial charge in [0.15, 0.2) is 5.78 Å². The molecule has 162 valence electrons. The van der Waals surface area contributed by atoms with Crippen molar-refractivity contribution < 1.29 is 28.6 Å². The number of hydrogen-bond donors (Lipinski definition) is 0. The maximum atomic E-state index is 12.9. The summed E-state index contributed by atoms with van der Waals surface area (Å²) in [6, 6.07) is 10.0. The van der Waals surface area contributed by atoms with Gasteiger partial charge in [-0.2, -0.15) is 0 Å². The van der Waals surface area contributed by atoms with Crippen molar-refractivity contribution in [3.05, 3.63) is 70.8 Å². The smallest absolute Gasteiger partial charge is 0.308 e. The lowest BCUT2D eigenvalue weighted by Crippen LogP contribution is -2.10. The summed E-state index contributed by atoms with van der Waals surface area (Å²) in [5.41, 5.74) is 2.73. The molecule has 0 bridgehead atoms. The zero-order valence-electron chi connectivity index (χ0n) is 18.4. The summed E-state index contributed by atoms with van der Waals surface area (Å²) in [4.78, 5) is 35.6. The van der Waals surface area contributed by atoms with Gasteiger partial charge in [0.1, 0.15) is 17.2 Å². The minimum absolute atomic E-state index is 0.198. The Morgan fingerprint density at radius 3 is 2.06 bits per heavy atom. The Hall–Kier alpha value is -3.67. The minimum atomic E-state index is -0.522. The Labute approximate surface area is 182 Å². The molecule has 0 saturated carbocycles. The number of ether oxygens (including phenoxy) is 3. The Kier molecular flexibility index (Phi) is 8.32. The van der Waals surface area contributed by atoms with Gasteiger partial charge < -0.3 is 14.2 Å². The highest BCUT2D eigenvalue weighted by Gasteiger charge is 2.20. The van der Waals surface area contributed by atoms with Crippen LogP contribution in [0, 0.1) is 0 Å². The Morgan fingerprint density at radius 1 is 0.871 bits per heavy atom. The van der Waals surface area contributed by atoms with Crippen LogP contribution in [0.3, 0.4) is 0 Å². The van der Waals surface area contributed by atoms with Gasteiger partial charge in [-0.05, 0) is 56.2 Å². The van der Waals surface area contributed by atoms with Gasteiger partial charge in [0.2, 0.25) is 0 Å². The lowest BCUT2D eigenvalue weighted by molar-refractivity contribution is -0.132. The van der Waals surface area contributed by atoms with E-state index in [0.717, 1.165) is 11.1 Å². The zero-order valence-corrected chi connectivity index (χ0v) is 18.4. The fraction of sp³-hybridized carbons (Fsp3) is 0.240. The average Bonchev–Trinajstić information content (AvgIpc) is 2.70. The summed E-state index contributed by atoms with van der Waals surface area (Å²) in [6.45, 7) is 6.54. The molecular formula is C25H26O6. The number of rotatable bonds is 8. The van der Waals surface area contributed by atoms with Crippen LogP contribution < -0.4 is 14.2 Å². The summed E-state index contributed by atoms with van der Waals surface area (Å²) >= 11 is 0. The van der Waals surface area contributed by atoms with Crippen LogP contribution in [0.15, 0.2) is 54.1 Å². The highest BCUT2D eigenvalue weighted by Crippen LogP contribution is 2.34. The number of ketones is 1. The van der Waals surface area contributed by atoms with E-state index >= 15 is 0 Å². The highest BCUT2D eigenvalue weighted by atomic mass is 16.5. The van der Waals surface area contributed by atoms with Crippen LogP contribution in [-0.2, 0) is 16.0 Å². The van der Waals surface area contributed by atoms with Crippen LogP contribution in [-0.4, -0.2) is 24.8 Å². The number of methoxy groups -OCH3 is 1. The molecule has 0 saturated heterocycles. The van der Waals surface area contributed by atoms with Crippen molar-refractivity contribution in [2.24, 2.45) is 0 Å². The molecule has 0 N–H and O–H groups in total. The highest BCUT2D eigenvalue weighted by molar-refractivity contribution is 6.09. The van der Waals surface area contributed by atoms with Crippen LogP contribution in [0.1, 0.15) is 49.2 Å². The van der Waals surface area contributed by atoms with E-state index in [4.69, 9.17) is 14.2 Å². The van der Waals surface area contributed by atoms with Gasteiger partial charge in [0.05, 0.1) is 12.7 Å². The molecule has 0 aliphatic rings. The second-order valence-corrected chi connectivity index (χ2v) is 7.06. The predicted octanol–water partition coefficient (Wildman–Crippen LogP) is 4.95.